The second kappa shape index (κ2) is 3.80. The fraction of sp³-hybridized carbons (Fsp3) is 0.500. The number of hydrogen-bond acceptors (Lipinski definition) is 1. The van der Waals surface area contributed by atoms with Gasteiger partial charge in [0.15, 0.2) is 0 Å². The van der Waals surface area contributed by atoms with Crippen molar-refractivity contribution in [2.24, 2.45) is 10.9 Å². The van der Waals surface area contributed by atoms with Gasteiger partial charge in [0.05, 0.1) is 6.04 Å². The smallest absolute Gasteiger partial charge is 0.0535 e. The Morgan fingerprint density at radius 1 is 1.00 bits per heavy atom. The van der Waals surface area contributed by atoms with Gasteiger partial charge < -0.3 is 0 Å². The Morgan fingerprint density at radius 3 is 2.60 bits per heavy atom. The van der Waals surface area contributed by atoms with E-state index in [2.05, 4.69) is 30.3 Å². The Balaban J connectivity index is 1.84. The van der Waals surface area contributed by atoms with Crippen molar-refractivity contribution >= 4 is 5.71 Å². The standard InChI is InChI=1S/C14H17N/c1-2-6-11(7-3-1)14-10-12-8-4-5-9-13(12)15-14/h1-3,6-7,12-13H,4-5,8-10H2/t12?,13-/m0/s1. The van der Waals surface area contributed by atoms with Gasteiger partial charge in [-0.2, -0.15) is 0 Å². The highest BCUT2D eigenvalue weighted by molar-refractivity contribution is 6.01. The summed E-state index contributed by atoms with van der Waals surface area (Å²) in [6.45, 7) is 0. The van der Waals surface area contributed by atoms with Crippen LogP contribution in [0.4, 0.5) is 0 Å². The fourth-order valence-electron chi connectivity index (χ4n) is 2.92. The Labute approximate surface area is 91.2 Å². The minimum absolute atomic E-state index is 0.647. The summed E-state index contributed by atoms with van der Waals surface area (Å²) in [6.07, 6.45) is 6.73. The lowest BCUT2D eigenvalue weighted by Gasteiger charge is -2.22. The van der Waals surface area contributed by atoms with Crippen LogP contribution in [-0.2, 0) is 0 Å². The van der Waals surface area contributed by atoms with E-state index in [1.807, 2.05) is 0 Å². The number of nitrogens with zero attached hydrogens (tertiary/aromatic N) is 1. The third-order valence-corrected chi connectivity index (χ3v) is 3.75. The molecule has 1 heterocycles. The normalized spacial score (nSPS) is 29.7. The van der Waals surface area contributed by atoms with Crippen LogP contribution < -0.4 is 0 Å². The summed E-state index contributed by atoms with van der Waals surface area (Å²) in [5.74, 6) is 0.856. The van der Waals surface area contributed by atoms with Gasteiger partial charge in [-0.1, -0.05) is 43.2 Å². The third-order valence-electron chi connectivity index (χ3n) is 3.75. The average Bonchev–Trinajstić information content (AvgIpc) is 2.74. The predicted molar refractivity (Wildman–Crippen MR) is 63.3 cm³/mol. The van der Waals surface area contributed by atoms with E-state index < -0.39 is 0 Å². The van der Waals surface area contributed by atoms with Crippen molar-refractivity contribution < 1.29 is 0 Å². The van der Waals surface area contributed by atoms with Crippen molar-refractivity contribution in [1.82, 2.24) is 0 Å². The maximum absolute atomic E-state index is 4.90. The summed E-state index contributed by atoms with van der Waals surface area (Å²) in [6, 6.07) is 11.3. The quantitative estimate of drug-likeness (QED) is 0.657. The first kappa shape index (κ1) is 9.14. The minimum atomic E-state index is 0.647. The number of benzene rings is 1. The zero-order valence-corrected chi connectivity index (χ0v) is 9.02. The Kier molecular flexibility index (Phi) is 2.32. The van der Waals surface area contributed by atoms with Crippen LogP contribution in [0.1, 0.15) is 37.7 Å². The molecular formula is C14H17N. The molecule has 1 aliphatic carbocycles. The fourth-order valence-corrected chi connectivity index (χ4v) is 2.92. The van der Waals surface area contributed by atoms with E-state index in [-0.39, 0.29) is 0 Å². The maximum atomic E-state index is 4.90. The molecule has 1 unspecified atom stereocenters. The molecule has 0 amide bonds. The lowest BCUT2D eigenvalue weighted by molar-refractivity contribution is 0.337. The molecule has 0 radical (unpaired) electrons. The molecule has 0 bridgehead atoms. The molecule has 0 N–H and O–H groups in total. The maximum Gasteiger partial charge on any atom is 0.0535 e. The summed E-state index contributed by atoms with van der Waals surface area (Å²) in [5, 5.41) is 0. The first-order valence-electron chi connectivity index (χ1n) is 6.05. The summed E-state index contributed by atoms with van der Waals surface area (Å²) >= 11 is 0. The molecule has 2 atom stereocenters. The molecule has 2 aliphatic rings. The largest absolute Gasteiger partial charge is 0.286 e. The topological polar surface area (TPSA) is 12.4 Å². The van der Waals surface area contributed by atoms with E-state index in [4.69, 9.17) is 4.99 Å². The molecule has 1 heteroatoms. The third kappa shape index (κ3) is 1.71. The molecule has 15 heavy (non-hydrogen) atoms. The summed E-state index contributed by atoms with van der Waals surface area (Å²) in [7, 11) is 0. The number of fused-ring (bicyclic) bond motifs is 1. The van der Waals surface area contributed by atoms with Gasteiger partial charge in [0.1, 0.15) is 0 Å². The van der Waals surface area contributed by atoms with E-state index >= 15 is 0 Å². The van der Waals surface area contributed by atoms with Crippen LogP contribution >= 0.6 is 0 Å². The van der Waals surface area contributed by atoms with Crippen molar-refractivity contribution in [3.05, 3.63) is 35.9 Å². The van der Waals surface area contributed by atoms with Crippen LogP contribution in [0, 0.1) is 5.92 Å². The SMILES string of the molecule is c1ccc(C2=N[C@H]3CCCCC3C2)cc1. The Hall–Kier alpha value is -1.11. The zero-order valence-electron chi connectivity index (χ0n) is 9.02. The minimum Gasteiger partial charge on any atom is -0.286 e. The van der Waals surface area contributed by atoms with Crippen molar-refractivity contribution in [2.75, 3.05) is 0 Å². The molecule has 3 rings (SSSR count). The second-order valence-electron chi connectivity index (χ2n) is 4.76. The average molecular weight is 199 g/mol. The number of hydrogen-bond donors (Lipinski definition) is 0. The Bertz CT molecular complexity index is 366. The van der Waals surface area contributed by atoms with E-state index in [1.54, 1.807) is 0 Å². The van der Waals surface area contributed by atoms with Gasteiger partial charge in [-0.15, -0.1) is 0 Å². The number of aliphatic imine (C=N–C) groups is 1. The summed E-state index contributed by atoms with van der Waals surface area (Å²) in [5.41, 5.74) is 2.69. The van der Waals surface area contributed by atoms with E-state index in [0.29, 0.717) is 6.04 Å². The van der Waals surface area contributed by atoms with Gasteiger partial charge in [0.2, 0.25) is 0 Å². The van der Waals surface area contributed by atoms with Crippen LogP contribution in [0.2, 0.25) is 0 Å². The first-order chi connectivity index (χ1) is 7.43. The van der Waals surface area contributed by atoms with Crippen molar-refractivity contribution in [2.45, 2.75) is 38.1 Å². The molecule has 0 saturated heterocycles. The van der Waals surface area contributed by atoms with Gasteiger partial charge in [0.25, 0.3) is 0 Å². The lowest BCUT2D eigenvalue weighted by Crippen LogP contribution is -2.18. The molecule has 0 spiro atoms. The molecule has 1 aliphatic heterocycles. The van der Waals surface area contributed by atoms with Crippen LogP contribution in [-0.4, -0.2) is 11.8 Å². The highest BCUT2D eigenvalue weighted by Crippen LogP contribution is 2.35. The molecular weight excluding hydrogens is 182 g/mol. The van der Waals surface area contributed by atoms with Gasteiger partial charge in [-0.05, 0) is 30.7 Å². The first-order valence-corrected chi connectivity index (χ1v) is 6.05. The molecule has 0 aromatic heterocycles. The molecule has 1 aromatic carbocycles. The van der Waals surface area contributed by atoms with E-state index in [1.165, 1.54) is 43.4 Å². The van der Waals surface area contributed by atoms with Crippen molar-refractivity contribution in [1.29, 1.82) is 0 Å². The Morgan fingerprint density at radius 2 is 1.80 bits per heavy atom. The summed E-state index contributed by atoms with van der Waals surface area (Å²) < 4.78 is 0. The lowest BCUT2D eigenvalue weighted by atomic mass is 9.84. The van der Waals surface area contributed by atoms with Crippen LogP contribution in [0.15, 0.2) is 35.3 Å². The molecule has 1 fully saturated rings. The zero-order chi connectivity index (χ0) is 10.1. The number of rotatable bonds is 1. The highest BCUT2D eigenvalue weighted by atomic mass is 14.9. The van der Waals surface area contributed by atoms with Gasteiger partial charge >= 0.3 is 0 Å². The van der Waals surface area contributed by atoms with Crippen LogP contribution in [0.5, 0.6) is 0 Å². The van der Waals surface area contributed by atoms with Crippen LogP contribution in [0.25, 0.3) is 0 Å². The van der Waals surface area contributed by atoms with Crippen molar-refractivity contribution in [3.8, 4) is 0 Å². The van der Waals surface area contributed by atoms with Crippen LogP contribution in [0.3, 0.4) is 0 Å². The predicted octanol–water partition coefficient (Wildman–Crippen LogP) is 3.44. The monoisotopic (exact) mass is 199 g/mol. The van der Waals surface area contributed by atoms with E-state index in [9.17, 15) is 0 Å². The van der Waals surface area contributed by atoms with Gasteiger partial charge in [0, 0.05) is 5.71 Å². The molecule has 78 valence electrons. The molecule has 1 saturated carbocycles. The van der Waals surface area contributed by atoms with Crippen molar-refractivity contribution in [3.63, 3.8) is 0 Å². The van der Waals surface area contributed by atoms with Gasteiger partial charge in [-0.3, -0.25) is 4.99 Å². The van der Waals surface area contributed by atoms with E-state index in [0.717, 1.165) is 5.92 Å². The highest BCUT2D eigenvalue weighted by Gasteiger charge is 2.31. The second-order valence-corrected chi connectivity index (χ2v) is 4.76. The molecule has 1 nitrogen and oxygen atoms in total. The summed E-state index contributed by atoms with van der Waals surface area (Å²) in [4.78, 5) is 4.90. The van der Waals surface area contributed by atoms with Gasteiger partial charge in [-0.25, -0.2) is 0 Å². The molecule has 1 aromatic rings.